The van der Waals surface area contributed by atoms with Crippen LogP contribution >= 0.6 is 22.6 Å². The van der Waals surface area contributed by atoms with E-state index in [1.165, 1.54) is 0 Å². The van der Waals surface area contributed by atoms with Gasteiger partial charge in [-0.2, -0.15) is 0 Å². The Balaban J connectivity index is 3.36. The predicted molar refractivity (Wildman–Crippen MR) is 67.7 cm³/mol. The molecule has 0 aliphatic heterocycles. The second-order valence-electron chi connectivity index (χ2n) is 3.56. The third-order valence-electron chi connectivity index (χ3n) is 1.64. The van der Waals surface area contributed by atoms with Gasteiger partial charge in [0, 0.05) is 13.1 Å². The monoisotopic (exact) mass is 313 g/mol. The number of allylic oxidation sites excluding steroid dienone is 1. The van der Waals surface area contributed by atoms with E-state index in [-0.39, 0.29) is 3.42 Å². The highest BCUT2D eigenvalue weighted by atomic mass is 127. The molecule has 4 heteroatoms. The molecule has 0 bridgehead atoms. The van der Waals surface area contributed by atoms with Gasteiger partial charge in [0.05, 0.1) is 10.0 Å². The molecule has 0 aliphatic rings. The molecule has 0 heterocycles. The van der Waals surface area contributed by atoms with E-state index in [9.17, 15) is 5.11 Å². The lowest BCUT2D eigenvalue weighted by molar-refractivity contribution is -0.110. The molecule has 0 saturated heterocycles. The molecule has 3 nitrogen and oxygen atoms in total. The first kappa shape index (κ1) is 14.3. The van der Waals surface area contributed by atoms with Gasteiger partial charge in [0.2, 0.25) is 0 Å². The van der Waals surface area contributed by atoms with Crippen molar-refractivity contribution in [3.63, 3.8) is 0 Å². The van der Waals surface area contributed by atoms with Crippen molar-refractivity contribution >= 4 is 22.6 Å². The van der Waals surface area contributed by atoms with Gasteiger partial charge in [-0.3, -0.25) is 0 Å². The minimum absolute atomic E-state index is 0.235. The Labute approximate surface area is 100 Å². The highest BCUT2D eigenvalue weighted by molar-refractivity contribution is 14.1. The lowest BCUT2D eigenvalue weighted by Crippen LogP contribution is -2.34. The van der Waals surface area contributed by atoms with Crippen molar-refractivity contribution in [2.45, 2.75) is 30.5 Å². The first-order valence-corrected chi connectivity index (χ1v) is 5.87. The molecular weight excluding hydrogens is 293 g/mol. The zero-order chi connectivity index (χ0) is 11.0. The van der Waals surface area contributed by atoms with Gasteiger partial charge in [0.1, 0.15) is 0 Å². The topological polar surface area (TPSA) is 41.5 Å². The quantitative estimate of drug-likeness (QED) is 0.247. The number of aliphatic hydroxyl groups excluding tert-OH is 1. The Bertz CT molecular complexity index is 166. The van der Waals surface area contributed by atoms with Gasteiger partial charge in [-0.15, -0.1) is 0 Å². The van der Waals surface area contributed by atoms with Crippen molar-refractivity contribution in [3.8, 4) is 0 Å². The Morgan fingerprint density at radius 2 is 2.21 bits per heavy atom. The summed E-state index contributed by atoms with van der Waals surface area (Å²) in [5, 5.41) is 12.7. The summed E-state index contributed by atoms with van der Waals surface area (Å²) in [6, 6.07) is 0. The number of aliphatic hydroxyl groups is 1. The third kappa shape index (κ3) is 7.73. The van der Waals surface area contributed by atoms with Crippen molar-refractivity contribution in [2.24, 2.45) is 0 Å². The molecule has 0 aromatic carbocycles. The molecule has 0 radical (unpaired) electrons. The van der Waals surface area contributed by atoms with Crippen molar-refractivity contribution < 1.29 is 9.84 Å². The van der Waals surface area contributed by atoms with E-state index >= 15 is 0 Å². The second kappa shape index (κ2) is 7.62. The Hall–Kier alpha value is 0.350. The summed E-state index contributed by atoms with van der Waals surface area (Å²) in [5.74, 6) is 0. The summed E-state index contributed by atoms with van der Waals surface area (Å²) >= 11 is 2.17. The van der Waals surface area contributed by atoms with E-state index in [2.05, 4.69) is 27.9 Å². The largest absolute Gasteiger partial charge is 0.367 e. The van der Waals surface area contributed by atoms with Crippen LogP contribution in [0.5, 0.6) is 0 Å². The van der Waals surface area contributed by atoms with Crippen molar-refractivity contribution in [1.82, 2.24) is 5.32 Å². The van der Waals surface area contributed by atoms with E-state index in [0.717, 1.165) is 13.1 Å². The molecule has 0 aliphatic carbocycles. The highest BCUT2D eigenvalue weighted by Gasteiger charge is 2.24. The van der Waals surface area contributed by atoms with E-state index in [4.69, 9.17) is 4.74 Å². The van der Waals surface area contributed by atoms with Crippen molar-refractivity contribution in [1.29, 1.82) is 0 Å². The van der Waals surface area contributed by atoms with Crippen molar-refractivity contribution in [3.05, 3.63) is 12.2 Å². The van der Waals surface area contributed by atoms with Gasteiger partial charge < -0.3 is 15.2 Å². The molecule has 1 unspecified atom stereocenters. The number of rotatable bonds is 7. The average Bonchev–Trinajstić information content (AvgIpc) is 2.09. The zero-order valence-electron chi connectivity index (χ0n) is 9.09. The maximum Gasteiger partial charge on any atom is 0.168 e. The summed E-state index contributed by atoms with van der Waals surface area (Å²) in [6.07, 6.45) is 3.33. The van der Waals surface area contributed by atoms with Crippen LogP contribution < -0.4 is 5.32 Å². The third-order valence-corrected chi connectivity index (χ3v) is 2.17. The van der Waals surface area contributed by atoms with Gasteiger partial charge in [0.25, 0.3) is 0 Å². The molecule has 0 fully saturated rings. The summed E-state index contributed by atoms with van der Waals surface area (Å²) in [7, 11) is 0. The van der Waals surface area contributed by atoms with Gasteiger partial charge in [-0.1, -0.05) is 34.7 Å². The van der Waals surface area contributed by atoms with Crippen LogP contribution in [0.2, 0.25) is 0 Å². The Kier molecular flexibility index (Phi) is 7.81. The molecule has 0 aromatic rings. The van der Waals surface area contributed by atoms with Gasteiger partial charge in [-0.05, 0) is 20.8 Å². The predicted octanol–water partition coefficient (Wildman–Crippen LogP) is 1.70. The van der Waals surface area contributed by atoms with Crippen LogP contribution in [-0.4, -0.2) is 34.5 Å². The summed E-state index contributed by atoms with van der Waals surface area (Å²) in [5.41, 5.74) is 0. The highest BCUT2D eigenvalue weighted by Crippen LogP contribution is 2.21. The van der Waals surface area contributed by atoms with Crippen LogP contribution in [0.25, 0.3) is 0 Å². The standard InChI is InChI=1S/C10H20INO2/c1-4-5-6-12-7-8-14-9(13)10(2,3)11/h4-5,9,12-13H,6-8H2,1-3H3/b5-4+. The number of alkyl halides is 1. The molecule has 0 saturated carbocycles. The molecular formula is C10H20INO2. The summed E-state index contributed by atoms with van der Waals surface area (Å²) < 4.78 is 5.01. The number of halogens is 1. The number of nitrogens with one attached hydrogen (secondary N) is 1. The minimum atomic E-state index is -0.702. The molecule has 1 atom stereocenters. The SMILES string of the molecule is C/C=C/CNCCOC(O)C(C)(C)I. The van der Waals surface area contributed by atoms with Crippen LogP contribution in [0.15, 0.2) is 12.2 Å². The molecule has 0 amide bonds. The first-order valence-electron chi connectivity index (χ1n) is 4.79. The fourth-order valence-electron chi connectivity index (χ4n) is 0.744. The minimum Gasteiger partial charge on any atom is -0.367 e. The lowest BCUT2D eigenvalue weighted by atomic mass is 10.2. The van der Waals surface area contributed by atoms with Crippen LogP contribution in [0, 0.1) is 0 Å². The van der Waals surface area contributed by atoms with Gasteiger partial charge in [-0.25, -0.2) is 0 Å². The number of hydrogen-bond donors (Lipinski definition) is 2. The normalized spacial score (nSPS) is 14.9. The smallest absolute Gasteiger partial charge is 0.168 e. The van der Waals surface area contributed by atoms with Gasteiger partial charge >= 0.3 is 0 Å². The lowest BCUT2D eigenvalue weighted by Gasteiger charge is -2.23. The molecule has 0 spiro atoms. The summed E-state index contributed by atoms with van der Waals surface area (Å²) in [4.78, 5) is 0. The molecule has 2 N–H and O–H groups in total. The number of ether oxygens (including phenoxy) is 1. The van der Waals surface area contributed by atoms with Crippen LogP contribution in [0.3, 0.4) is 0 Å². The first-order chi connectivity index (χ1) is 6.48. The van der Waals surface area contributed by atoms with Crippen LogP contribution in [0.1, 0.15) is 20.8 Å². The fraction of sp³-hybridized carbons (Fsp3) is 0.800. The van der Waals surface area contributed by atoms with Crippen LogP contribution in [-0.2, 0) is 4.74 Å². The van der Waals surface area contributed by atoms with E-state index < -0.39 is 6.29 Å². The maximum atomic E-state index is 9.52. The van der Waals surface area contributed by atoms with Crippen LogP contribution in [0.4, 0.5) is 0 Å². The molecule has 14 heavy (non-hydrogen) atoms. The average molecular weight is 313 g/mol. The molecule has 0 aromatic heterocycles. The number of hydrogen-bond acceptors (Lipinski definition) is 3. The second-order valence-corrected chi connectivity index (χ2v) is 6.34. The van der Waals surface area contributed by atoms with Crippen molar-refractivity contribution in [2.75, 3.05) is 19.7 Å². The maximum absolute atomic E-state index is 9.52. The van der Waals surface area contributed by atoms with E-state index in [1.807, 2.05) is 32.9 Å². The molecule has 84 valence electrons. The summed E-state index contributed by atoms with van der Waals surface area (Å²) in [6.45, 7) is 8.00. The Morgan fingerprint density at radius 3 is 2.71 bits per heavy atom. The fourth-order valence-corrected chi connectivity index (χ4v) is 0.924. The van der Waals surface area contributed by atoms with E-state index in [0.29, 0.717) is 6.61 Å². The van der Waals surface area contributed by atoms with E-state index in [1.54, 1.807) is 0 Å². The zero-order valence-corrected chi connectivity index (χ0v) is 11.2. The Morgan fingerprint density at radius 1 is 1.57 bits per heavy atom. The molecule has 0 rings (SSSR count). The van der Waals surface area contributed by atoms with Gasteiger partial charge in [0.15, 0.2) is 6.29 Å².